The third-order valence-electron chi connectivity index (χ3n) is 3.48. The van der Waals surface area contributed by atoms with Crippen LogP contribution in [0.5, 0.6) is 0 Å². The molecule has 0 aromatic rings. The van der Waals surface area contributed by atoms with Crippen molar-refractivity contribution in [2.75, 3.05) is 26.9 Å². The fraction of sp³-hybridized carbons (Fsp3) is 1.00. The molecular formula is C14H29NO2. The van der Waals surface area contributed by atoms with Gasteiger partial charge in [0.25, 0.3) is 0 Å². The lowest BCUT2D eigenvalue weighted by Gasteiger charge is -2.30. The van der Waals surface area contributed by atoms with E-state index in [2.05, 4.69) is 12.2 Å². The fourth-order valence-corrected chi connectivity index (χ4v) is 2.50. The maximum atomic E-state index is 5.98. The van der Waals surface area contributed by atoms with E-state index in [-0.39, 0.29) is 0 Å². The summed E-state index contributed by atoms with van der Waals surface area (Å²) in [6, 6.07) is 0.548. The van der Waals surface area contributed by atoms with Crippen LogP contribution in [0.4, 0.5) is 0 Å². The number of rotatable bonds is 7. The van der Waals surface area contributed by atoms with Gasteiger partial charge in [0.05, 0.1) is 19.3 Å². The Bertz CT molecular complexity index is 174. The second kappa shape index (κ2) is 9.86. The normalized spacial score (nSPS) is 26.5. The van der Waals surface area contributed by atoms with Crippen LogP contribution >= 0.6 is 0 Å². The van der Waals surface area contributed by atoms with Gasteiger partial charge in [0.15, 0.2) is 0 Å². The third kappa shape index (κ3) is 6.39. The highest BCUT2D eigenvalue weighted by Crippen LogP contribution is 2.20. The zero-order valence-corrected chi connectivity index (χ0v) is 11.5. The van der Waals surface area contributed by atoms with Crippen molar-refractivity contribution >= 4 is 0 Å². The topological polar surface area (TPSA) is 30.5 Å². The van der Waals surface area contributed by atoms with Gasteiger partial charge < -0.3 is 14.8 Å². The van der Waals surface area contributed by atoms with E-state index in [1.54, 1.807) is 7.11 Å². The summed E-state index contributed by atoms with van der Waals surface area (Å²) in [7, 11) is 1.73. The van der Waals surface area contributed by atoms with Gasteiger partial charge >= 0.3 is 0 Å². The summed E-state index contributed by atoms with van der Waals surface area (Å²) >= 11 is 0. The van der Waals surface area contributed by atoms with Gasteiger partial charge in [-0.1, -0.05) is 32.6 Å². The average Bonchev–Trinajstić information content (AvgIpc) is 2.31. The van der Waals surface area contributed by atoms with Gasteiger partial charge in [-0.2, -0.15) is 0 Å². The Morgan fingerprint density at radius 3 is 2.53 bits per heavy atom. The molecule has 0 aromatic heterocycles. The molecule has 102 valence electrons. The van der Waals surface area contributed by atoms with Gasteiger partial charge in [0.2, 0.25) is 0 Å². The molecule has 2 atom stereocenters. The molecule has 3 heteroatoms. The first-order chi connectivity index (χ1) is 8.38. The van der Waals surface area contributed by atoms with Crippen LogP contribution in [0.25, 0.3) is 0 Å². The minimum atomic E-state index is 0.386. The standard InChI is InChI=1S/C14H29NO2/c1-3-10-15-13-8-6-4-5-7-9-14(13)17-12-11-16-2/h13-15H,3-12H2,1-2H3. The van der Waals surface area contributed by atoms with E-state index >= 15 is 0 Å². The maximum Gasteiger partial charge on any atom is 0.0729 e. The quantitative estimate of drug-likeness (QED) is 0.697. The molecule has 0 aromatic carbocycles. The van der Waals surface area contributed by atoms with E-state index in [4.69, 9.17) is 9.47 Å². The highest BCUT2D eigenvalue weighted by Gasteiger charge is 2.22. The smallest absolute Gasteiger partial charge is 0.0729 e. The Balaban J connectivity index is 2.37. The Morgan fingerprint density at radius 1 is 1.06 bits per heavy atom. The van der Waals surface area contributed by atoms with Gasteiger partial charge in [-0.3, -0.25) is 0 Å². The summed E-state index contributed by atoms with van der Waals surface area (Å²) in [5.74, 6) is 0. The lowest BCUT2D eigenvalue weighted by atomic mass is 9.94. The molecule has 2 unspecified atom stereocenters. The van der Waals surface area contributed by atoms with Crippen LogP contribution in [-0.4, -0.2) is 39.0 Å². The second-order valence-corrected chi connectivity index (χ2v) is 4.95. The predicted octanol–water partition coefficient (Wildman–Crippen LogP) is 2.74. The van der Waals surface area contributed by atoms with Crippen LogP contribution in [0.15, 0.2) is 0 Å². The molecule has 0 radical (unpaired) electrons. The van der Waals surface area contributed by atoms with Gasteiger partial charge in [-0.15, -0.1) is 0 Å². The molecule has 0 saturated heterocycles. The average molecular weight is 243 g/mol. The van der Waals surface area contributed by atoms with Crippen molar-refractivity contribution in [2.45, 2.75) is 64.0 Å². The van der Waals surface area contributed by atoms with Gasteiger partial charge in [-0.05, 0) is 25.8 Å². The number of hydrogen-bond acceptors (Lipinski definition) is 3. The zero-order chi connectivity index (χ0) is 12.3. The predicted molar refractivity (Wildman–Crippen MR) is 71.4 cm³/mol. The number of nitrogens with one attached hydrogen (secondary N) is 1. The SMILES string of the molecule is CCCNC1CCCCCCC1OCCOC. The minimum absolute atomic E-state index is 0.386. The highest BCUT2D eigenvalue weighted by molar-refractivity contribution is 4.79. The molecule has 0 bridgehead atoms. The van der Waals surface area contributed by atoms with Crippen molar-refractivity contribution in [1.29, 1.82) is 0 Å². The van der Waals surface area contributed by atoms with E-state index in [0.29, 0.717) is 18.8 Å². The Kier molecular flexibility index (Phi) is 8.67. The van der Waals surface area contributed by atoms with Crippen molar-refractivity contribution in [2.24, 2.45) is 0 Å². The van der Waals surface area contributed by atoms with Crippen LogP contribution in [0.1, 0.15) is 51.9 Å². The molecule has 1 saturated carbocycles. The van der Waals surface area contributed by atoms with Crippen molar-refractivity contribution in [3.63, 3.8) is 0 Å². The Hall–Kier alpha value is -0.120. The Labute approximate surface area is 106 Å². The maximum absolute atomic E-state index is 5.98. The molecule has 1 N–H and O–H groups in total. The van der Waals surface area contributed by atoms with Crippen LogP contribution in [0, 0.1) is 0 Å². The first-order valence-corrected chi connectivity index (χ1v) is 7.22. The number of hydrogen-bond donors (Lipinski definition) is 1. The summed E-state index contributed by atoms with van der Waals surface area (Å²) < 4.78 is 11.0. The fourth-order valence-electron chi connectivity index (χ4n) is 2.50. The molecular weight excluding hydrogens is 214 g/mol. The number of methoxy groups -OCH3 is 1. The lowest BCUT2D eigenvalue weighted by molar-refractivity contribution is -0.0113. The van der Waals surface area contributed by atoms with Crippen molar-refractivity contribution in [3.05, 3.63) is 0 Å². The Morgan fingerprint density at radius 2 is 1.82 bits per heavy atom. The van der Waals surface area contributed by atoms with Crippen LogP contribution < -0.4 is 5.32 Å². The third-order valence-corrected chi connectivity index (χ3v) is 3.48. The van der Waals surface area contributed by atoms with E-state index in [1.165, 1.54) is 44.9 Å². The van der Waals surface area contributed by atoms with Crippen molar-refractivity contribution < 1.29 is 9.47 Å². The first kappa shape index (κ1) is 14.9. The van der Waals surface area contributed by atoms with E-state index < -0.39 is 0 Å². The summed E-state index contributed by atoms with van der Waals surface area (Å²) in [5, 5.41) is 3.65. The molecule has 1 rings (SSSR count). The summed E-state index contributed by atoms with van der Waals surface area (Å²) in [6.07, 6.45) is 9.44. The summed E-state index contributed by atoms with van der Waals surface area (Å²) in [6.45, 7) is 4.76. The van der Waals surface area contributed by atoms with E-state index in [1.807, 2.05) is 0 Å². The molecule has 1 aliphatic carbocycles. The van der Waals surface area contributed by atoms with Gasteiger partial charge in [0.1, 0.15) is 0 Å². The molecule has 3 nitrogen and oxygen atoms in total. The molecule has 17 heavy (non-hydrogen) atoms. The van der Waals surface area contributed by atoms with Crippen LogP contribution in [-0.2, 0) is 9.47 Å². The van der Waals surface area contributed by atoms with E-state index in [9.17, 15) is 0 Å². The van der Waals surface area contributed by atoms with Gasteiger partial charge in [0, 0.05) is 13.2 Å². The summed E-state index contributed by atoms with van der Waals surface area (Å²) in [4.78, 5) is 0. The van der Waals surface area contributed by atoms with E-state index in [0.717, 1.165) is 13.2 Å². The van der Waals surface area contributed by atoms with Crippen LogP contribution in [0.3, 0.4) is 0 Å². The molecule has 0 amide bonds. The van der Waals surface area contributed by atoms with Gasteiger partial charge in [-0.25, -0.2) is 0 Å². The van der Waals surface area contributed by atoms with Crippen molar-refractivity contribution in [1.82, 2.24) is 5.32 Å². The molecule has 0 aliphatic heterocycles. The summed E-state index contributed by atoms with van der Waals surface area (Å²) in [5.41, 5.74) is 0. The van der Waals surface area contributed by atoms with Crippen molar-refractivity contribution in [3.8, 4) is 0 Å². The monoisotopic (exact) mass is 243 g/mol. The molecule has 1 fully saturated rings. The highest BCUT2D eigenvalue weighted by atomic mass is 16.5. The largest absolute Gasteiger partial charge is 0.382 e. The number of ether oxygens (including phenoxy) is 2. The first-order valence-electron chi connectivity index (χ1n) is 7.22. The minimum Gasteiger partial charge on any atom is -0.382 e. The second-order valence-electron chi connectivity index (χ2n) is 4.95. The molecule has 0 spiro atoms. The molecule has 1 aliphatic rings. The molecule has 0 heterocycles. The van der Waals surface area contributed by atoms with Crippen LogP contribution in [0.2, 0.25) is 0 Å². The lowest BCUT2D eigenvalue weighted by Crippen LogP contribution is -2.42. The zero-order valence-electron chi connectivity index (χ0n) is 11.5.